The minimum atomic E-state index is 0.222. The highest BCUT2D eigenvalue weighted by atomic mass is 15.2. The van der Waals surface area contributed by atoms with Crippen LogP contribution in [0, 0.1) is 0 Å². The second-order valence-corrected chi connectivity index (χ2v) is 5.59. The molecule has 0 aliphatic heterocycles. The number of anilines is 2. The van der Waals surface area contributed by atoms with E-state index >= 15 is 0 Å². The molecule has 0 radical (unpaired) electrons. The van der Waals surface area contributed by atoms with Crippen LogP contribution in [0.15, 0.2) is 97.6 Å². The Balaban J connectivity index is 1.96. The summed E-state index contributed by atoms with van der Waals surface area (Å²) in [7, 11) is 0. The largest absolute Gasteiger partial charge is 0.335 e. The molecule has 0 saturated heterocycles. The standard InChI is InChI=1S/C22H21N/c1-3-18(2)23(21-12-8-5-9-13-21)22-16-14-20(15-17-22)19-10-6-4-7-11-19/h3-18H,1H2,2H3. The normalized spacial score (nSPS) is 11.7. The number of rotatable bonds is 5. The fourth-order valence-electron chi connectivity index (χ4n) is 2.76. The Hall–Kier alpha value is -2.80. The summed E-state index contributed by atoms with van der Waals surface area (Å²) in [6, 6.07) is 29.8. The van der Waals surface area contributed by atoms with Gasteiger partial charge in [-0.05, 0) is 42.3 Å². The van der Waals surface area contributed by atoms with E-state index in [-0.39, 0.29) is 6.04 Å². The van der Waals surface area contributed by atoms with E-state index in [0.717, 1.165) is 0 Å². The number of benzene rings is 3. The van der Waals surface area contributed by atoms with Crippen molar-refractivity contribution >= 4 is 11.4 Å². The fraction of sp³-hybridized carbons (Fsp3) is 0.0909. The van der Waals surface area contributed by atoms with Crippen molar-refractivity contribution in [3.63, 3.8) is 0 Å². The van der Waals surface area contributed by atoms with Gasteiger partial charge in [-0.2, -0.15) is 0 Å². The smallest absolute Gasteiger partial charge is 0.0491 e. The van der Waals surface area contributed by atoms with Crippen molar-refractivity contribution < 1.29 is 0 Å². The molecule has 23 heavy (non-hydrogen) atoms. The van der Waals surface area contributed by atoms with Crippen molar-refractivity contribution in [3.8, 4) is 11.1 Å². The van der Waals surface area contributed by atoms with Crippen LogP contribution in [0.1, 0.15) is 6.92 Å². The van der Waals surface area contributed by atoms with Crippen molar-refractivity contribution in [2.75, 3.05) is 4.90 Å². The van der Waals surface area contributed by atoms with E-state index in [9.17, 15) is 0 Å². The molecule has 0 amide bonds. The molecule has 1 atom stereocenters. The van der Waals surface area contributed by atoms with Gasteiger partial charge in [-0.3, -0.25) is 0 Å². The molecule has 1 heteroatoms. The Morgan fingerprint density at radius 1 is 0.696 bits per heavy atom. The molecule has 0 N–H and O–H groups in total. The number of hydrogen-bond donors (Lipinski definition) is 0. The Morgan fingerprint density at radius 2 is 1.17 bits per heavy atom. The van der Waals surface area contributed by atoms with Crippen LogP contribution in [0.3, 0.4) is 0 Å². The van der Waals surface area contributed by atoms with Gasteiger partial charge in [0.25, 0.3) is 0 Å². The van der Waals surface area contributed by atoms with Crippen molar-refractivity contribution in [1.82, 2.24) is 0 Å². The van der Waals surface area contributed by atoms with Gasteiger partial charge in [0, 0.05) is 17.4 Å². The molecule has 3 aromatic rings. The van der Waals surface area contributed by atoms with Crippen molar-refractivity contribution in [1.29, 1.82) is 0 Å². The van der Waals surface area contributed by atoms with Crippen LogP contribution in [0.4, 0.5) is 11.4 Å². The van der Waals surface area contributed by atoms with Crippen LogP contribution < -0.4 is 4.90 Å². The van der Waals surface area contributed by atoms with Crippen molar-refractivity contribution in [2.24, 2.45) is 0 Å². The summed E-state index contributed by atoms with van der Waals surface area (Å²) in [5.41, 5.74) is 4.81. The first-order valence-corrected chi connectivity index (χ1v) is 7.92. The lowest BCUT2D eigenvalue weighted by atomic mass is 10.0. The van der Waals surface area contributed by atoms with E-state index in [2.05, 4.69) is 91.2 Å². The van der Waals surface area contributed by atoms with E-state index in [4.69, 9.17) is 0 Å². The first-order chi connectivity index (χ1) is 11.3. The first-order valence-electron chi connectivity index (χ1n) is 7.92. The summed E-state index contributed by atoms with van der Waals surface area (Å²) < 4.78 is 0. The molecule has 3 rings (SSSR count). The first kappa shape index (κ1) is 15.1. The summed E-state index contributed by atoms with van der Waals surface area (Å²) >= 11 is 0. The van der Waals surface area contributed by atoms with Crippen LogP contribution in [0.2, 0.25) is 0 Å². The van der Waals surface area contributed by atoms with Gasteiger partial charge in [0.2, 0.25) is 0 Å². The van der Waals surface area contributed by atoms with E-state index in [0.29, 0.717) is 0 Å². The number of para-hydroxylation sites is 1. The molecule has 3 aromatic carbocycles. The minimum absolute atomic E-state index is 0.222. The van der Waals surface area contributed by atoms with Gasteiger partial charge in [-0.1, -0.05) is 66.7 Å². The van der Waals surface area contributed by atoms with Crippen molar-refractivity contribution in [3.05, 3.63) is 97.6 Å². The third-order valence-corrected chi connectivity index (χ3v) is 4.04. The quantitative estimate of drug-likeness (QED) is 0.517. The predicted molar refractivity (Wildman–Crippen MR) is 100 cm³/mol. The highest BCUT2D eigenvalue weighted by molar-refractivity contribution is 5.70. The van der Waals surface area contributed by atoms with E-state index in [1.807, 2.05) is 18.2 Å². The summed E-state index contributed by atoms with van der Waals surface area (Å²) in [6.07, 6.45) is 1.97. The van der Waals surface area contributed by atoms with Crippen molar-refractivity contribution in [2.45, 2.75) is 13.0 Å². The molecule has 0 aliphatic carbocycles. The average molecular weight is 299 g/mol. The Bertz CT molecular complexity index is 745. The van der Waals surface area contributed by atoms with Gasteiger partial charge in [0.1, 0.15) is 0 Å². The Labute approximate surface area is 138 Å². The van der Waals surface area contributed by atoms with E-state index in [1.54, 1.807) is 0 Å². The van der Waals surface area contributed by atoms with Crippen LogP contribution in [0.25, 0.3) is 11.1 Å². The Kier molecular flexibility index (Phi) is 4.58. The maximum Gasteiger partial charge on any atom is 0.0491 e. The van der Waals surface area contributed by atoms with Gasteiger partial charge < -0.3 is 4.90 Å². The molecule has 1 unspecified atom stereocenters. The molecule has 0 saturated carbocycles. The van der Waals surface area contributed by atoms with E-state index in [1.165, 1.54) is 22.5 Å². The molecule has 1 nitrogen and oxygen atoms in total. The zero-order valence-corrected chi connectivity index (χ0v) is 13.4. The second-order valence-electron chi connectivity index (χ2n) is 5.59. The van der Waals surface area contributed by atoms with Crippen LogP contribution in [-0.2, 0) is 0 Å². The molecule has 0 bridgehead atoms. The van der Waals surface area contributed by atoms with Crippen LogP contribution in [0.5, 0.6) is 0 Å². The lowest BCUT2D eigenvalue weighted by Crippen LogP contribution is -2.26. The van der Waals surface area contributed by atoms with Crippen LogP contribution in [-0.4, -0.2) is 6.04 Å². The predicted octanol–water partition coefficient (Wildman–Crippen LogP) is 6.07. The number of nitrogens with zero attached hydrogens (tertiary/aromatic N) is 1. The summed E-state index contributed by atoms with van der Waals surface area (Å²) in [4.78, 5) is 2.29. The minimum Gasteiger partial charge on any atom is -0.335 e. The molecular weight excluding hydrogens is 278 g/mol. The summed E-state index contributed by atoms with van der Waals surface area (Å²) in [5.74, 6) is 0. The molecule has 0 fully saturated rings. The highest BCUT2D eigenvalue weighted by Gasteiger charge is 2.13. The maximum atomic E-state index is 3.96. The molecular formula is C22H21N. The maximum absolute atomic E-state index is 3.96. The van der Waals surface area contributed by atoms with E-state index < -0.39 is 0 Å². The third-order valence-electron chi connectivity index (χ3n) is 4.04. The van der Waals surface area contributed by atoms with Gasteiger partial charge >= 0.3 is 0 Å². The molecule has 0 aromatic heterocycles. The lowest BCUT2D eigenvalue weighted by molar-refractivity contribution is 0.866. The molecule has 114 valence electrons. The highest BCUT2D eigenvalue weighted by Crippen LogP contribution is 2.30. The third kappa shape index (κ3) is 3.35. The lowest BCUT2D eigenvalue weighted by Gasteiger charge is -2.29. The Morgan fingerprint density at radius 3 is 1.74 bits per heavy atom. The fourth-order valence-corrected chi connectivity index (χ4v) is 2.76. The van der Waals surface area contributed by atoms with Gasteiger partial charge in [-0.25, -0.2) is 0 Å². The monoisotopic (exact) mass is 299 g/mol. The van der Waals surface area contributed by atoms with Gasteiger partial charge in [0.05, 0.1) is 0 Å². The summed E-state index contributed by atoms with van der Waals surface area (Å²) in [5, 5.41) is 0. The zero-order chi connectivity index (χ0) is 16.1. The molecule has 0 heterocycles. The SMILES string of the molecule is C=CC(C)N(c1ccccc1)c1ccc(-c2ccccc2)cc1. The summed E-state index contributed by atoms with van der Waals surface area (Å²) in [6.45, 7) is 6.11. The number of hydrogen-bond acceptors (Lipinski definition) is 1. The second kappa shape index (κ2) is 6.97. The molecule has 0 spiro atoms. The zero-order valence-electron chi connectivity index (χ0n) is 13.4. The molecule has 0 aliphatic rings. The van der Waals surface area contributed by atoms with Gasteiger partial charge in [0.15, 0.2) is 0 Å². The average Bonchev–Trinajstić information content (AvgIpc) is 2.64. The topological polar surface area (TPSA) is 3.24 Å². The van der Waals surface area contributed by atoms with Crippen LogP contribution >= 0.6 is 0 Å². The van der Waals surface area contributed by atoms with Gasteiger partial charge in [-0.15, -0.1) is 6.58 Å².